The van der Waals surface area contributed by atoms with Gasteiger partial charge in [-0.25, -0.2) is 0 Å². The molecular weight excluding hydrogens is 224 g/mol. The van der Waals surface area contributed by atoms with Gasteiger partial charge in [0.15, 0.2) is 0 Å². The zero-order valence-electron chi connectivity index (χ0n) is 12.3. The van der Waals surface area contributed by atoms with Gasteiger partial charge in [0.05, 0.1) is 12.1 Å². The van der Waals surface area contributed by atoms with E-state index in [0.717, 1.165) is 19.0 Å². The van der Waals surface area contributed by atoms with E-state index in [1.165, 1.54) is 32.2 Å². The number of aliphatic hydroxyl groups is 1. The summed E-state index contributed by atoms with van der Waals surface area (Å²) in [5, 5.41) is 13.5. The number of hydrogen-bond donors (Lipinski definition) is 2. The summed E-state index contributed by atoms with van der Waals surface area (Å²) in [6, 6.07) is 0.655. The molecule has 2 fully saturated rings. The minimum Gasteiger partial charge on any atom is -0.394 e. The van der Waals surface area contributed by atoms with Crippen LogP contribution in [0.3, 0.4) is 0 Å². The van der Waals surface area contributed by atoms with E-state index in [1.807, 2.05) is 0 Å². The van der Waals surface area contributed by atoms with Crippen molar-refractivity contribution in [1.29, 1.82) is 0 Å². The number of likely N-dealkylation sites (N-methyl/N-ethyl adjacent to an activating group) is 1. The highest BCUT2D eigenvalue weighted by atomic mass is 16.3. The molecule has 2 N–H and O–H groups in total. The van der Waals surface area contributed by atoms with E-state index in [4.69, 9.17) is 0 Å². The fourth-order valence-corrected chi connectivity index (χ4v) is 3.56. The van der Waals surface area contributed by atoms with Crippen molar-refractivity contribution in [3.05, 3.63) is 0 Å². The Morgan fingerprint density at radius 1 is 1.28 bits per heavy atom. The smallest absolute Gasteiger partial charge is 0.0628 e. The van der Waals surface area contributed by atoms with Gasteiger partial charge in [0.1, 0.15) is 0 Å². The first-order valence-electron chi connectivity index (χ1n) is 7.73. The molecule has 0 aromatic carbocycles. The fraction of sp³-hybridized carbons (Fsp3) is 1.00. The van der Waals surface area contributed by atoms with E-state index in [2.05, 4.69) is 31.0 Å². The highest BCUT2D eigenvalue weighted by Gasteiger charge is 2.46. The Morgan fingerprint density at radius 3 is 2.56 bits per heavy atom. The molecule has 3 nitrogen and oxygen atoms in total. The number of nitrogens with one attached hydrogen (secondary N) is 1. The summed E-state index contributed by atoms with van der Waals surface area (Å²) >= 11 is 0. The van der Waals surface area contributed by atoms with Gasteiger partial charge in [-0.15, -0.1) is 0 Å². The molecule has 0 amide bonds. The maximum Gasteiger partial charge on any atom is 0.0628 e. The van der Waals surface area contributed by atoms with Crippen LogP contribution in [0.4, 0.5) is 0 Å². The summed E-state index contributed by atoms with van der Waals surface area (Å²) in [7, 11) is 0. The van der Waals surface area contributed by atoms with E-state index in [9.17, 15) is 5.11 Å². The van der Waals surface area contributed by atoms with Crippen LogP contribution >= 0.6 is 0 Å². The molecule has 1 heterocycles. The van der Waals surface area contributed by atoms with Crippen LogP contribution in [-0.4, -0.2) is 47.8 Å². The van der Waals surface area contributed by atoms with Gasteiger partial charge in [0, 0.05) is 12.6 Å². The number of aliphatic hydroxyl groups excluding tert-OH is 1. The summed E-state index contributed by atoms with van der Waals surface area (Å²) < 4.78 is 0. The van der Waals surface area contributed by atoms with Gasteiger partial charge < -0.3 is 10.4 Å². The van der Waals surface area contributed by atoms with Crippen LogP contribution in [0, 0.1) is 11.8 Å². The molecule has 0 radical (unpaired) electrons. The van der Waals surface area contributed by atoms with Crippen LogP contribution in [0.2, 0.25) is 0 Å². The van der Waals surface area contributed by atoms with Crippen molar-refractivity contribution in [2.75, 3.05) is 26.2 Å². The lowest BCUT2D eigenvalue weighted by Crippen LogP contribution is -2.60. The molecule has 2 aliphatic rings. The lowest BCUT2D eigenvalue weighted by atomic mass is 9.87. The number of rotatable bonds is 6. The first kappa shape index (κ1) is 14.3. The van der Waals surface area contributed by atoms with Crippen molar-refractivity contribution < 1.29 is 5.11 Å². The van der Waals surface area contributed by atoms with Gasteiger partial charge in [0.25, 0.3) is 0 Å². The predicted molar refractivity (Wildman–Crippen MR) is 75.7 cm³/mol. The first-order valence-corrected chi connectivity index (χ1v) is 7.73. The normalized spacial score (nSPS) is 33.3. The van der Waals surface area contributed by atoms with Gasteiger partial charge in [-0.3, -0.25) is 4.90 Å². The Bertz CT molecular complexity index is 267. The topological polar surface area (TPSA) is 35.5 Å². The van der Waals surface area contributed by atoms with E-state index < -0.39 is 0 Å². The minimum absolute atomic E-state index is 0.0416. The summed E-state index contributed by atoms with van der Waals surface area (Å²) in [4.78, 5) is 2.60. The SMILES string of the molecule is CCNC(CO)(CN1CCCC(C)C1C)C1CC1. The van der Waals surface area contributed by atoms with Crippen LogP contribution in [0.5, 0.6) is 0 Å². The molecule has 0 aromatic heterocycles. The van der Waals surface area contributed by atoms with Gasteiger partial charge in [-0.2, -0.15) is 0 Å². The van der Waals surface area contributed by atoms with Crippen molar-refractivity contribution in [2.45, 2.75) is 58.0 Å². The lowest BCUT2D eigenvalue weighted by Gasteiger charge is -2.44. The highest BCUT2D eigenvalue weighted by molar-refractivity contribution is 5.03. The molecule has 3 unspecified atom stereocenters. The van der Waals surface area contributed by atoms with Crippen molar-refractivity contribution in [2.24, 2.45) is 11.8 Å². The fourth-order valence-electron chi connectivity index (χ4n) is 3.56. The molecule has 18 heavy (non-hydrogen) atoms. The first-order chi connectivity index (χ1) is 8.63. The monoisotopic (exact) mass is 254 g/mol. The van der Waals surface area contributed by atoms with E-state index in [1.54, 1.807) is 0 Å². The van der Waals surface area contributed by atoms with Crippen molar-refractivity contribution in [3.63, 3.8) is 0 Å². The summed E-state index contributed by atoms with van der Waals surface area (Å²) in [6.45, 7) is 10.3. The van der Waals surface area contributed by atoms with Crippen LogP contribution in [0.15, 0.2) is 0 Å². The molecule has 0 aromatic rings. The molecule has 3 atom stereocenters. The maximum absolute atomic E-state index is 9.91. The Morgan fingerprint density at radius 2 is 2.00 bits per heavy atom. The number of nitrogens with zero attached hydrogens (tertiary/aromatic N) is 1. The zero-order valence-corrected chi connectivity index (χ0v) is 12.3. The predicted octanol–water partition coefficient (Wildman–Crippen LogP) is 1.86. The summed E-state index contributed by atoms with van der Waals surface area (Å²) in [5.41, 5.74) is -0.0416. The lowest BCUT2D eigenvalue weighted by molar-refractivity contribution is 0.0413. The summed E-state index contributed by atoms with van der Waals surface area (Å²) in [6.07, 6.45) is 5.23. The Labute approximate surface area is 112 Å². The molecule has 2 rings (SSSR count). The molecule has 106 valence electrons. The molecule has 1 saturated heterocycles. The molecular formula is C15H30N2O. The maximum atomic E-state index is 9.91. The Hall–Kier alpha value is -0.120. The van der Waals surface area contributed by atoms with E-state index in [-0.39, 0.29) is 12.1 Å². The second-order valence-corrected chi connectivity index (χ2v) is 6.45. The third-order valence-electron chi connectivity index (χ3n) is 5.16. The van der Waals surface area contributed by atoms with Gasteiger partial charge in [0.2, 0.25) is 0 Å². The Balaban J connectivity index is 2.03. The summed E-state index contributed by atoms with van der Waals surface area (Å²) in [5.74, 6) is 1.47. The van der Waals surface area contributed by atoms with Gasteiger partial charge in [-0.1, -0.05) is 13.8 Å². The Kier molecular flexibility index (Phi) is 4.68. The standard InChI is InChI=1S/C15H30N2O/c1-4-16-15(11-18,14-7-8-14)10-17-9-5-6-12(2)13(17)3/h12-14,16,18H,4-11H2,1-3H3. The van der Waals surface area contributed by atoms with Crippen LogP contribution in [0.1, 0.15) is 46.5 Å². The van der Waals surface area contributed by atoms with Crippen molar-refractivity contribution in [3.8, 4) is 0 Å². The second kappa shape index (κ2) is 5.89. The van der Waals surface area contributed by atoms with Crippen molar-refractivity contribution in [1.82, 2.24) is 10.2 Å². The van der Waals surface area contributed by atoms with E-state index in [0.29, 0.717) is 12.0 Å². The minimum atomic E-state index is -0.0416. The average molecular weight is 254 g/mol. The molecule has 1 aliphatic carbocycles. The zero-order chi connectivity index (χ0) is 13.2. The van der Waals surface area contributed by atoms with E-state index >= 15 is 0 Å². The molecule has 3 heteroatoms. The molecule has 1 saturated carbocycles. The van der Waals surface area contributed by atoms with Gasteiger partial charge in [-0.05, 0) is 57.5 Å². The number of hydrogen-bond acceptors (Lipinski definition) is 3. The third kappa shape index (κ3) is 2.89. The third-order valence-corrected chi connectivity index (χ3v) is 5.16. The van der Waals surface area contributed by atoms with Crippen molar-refractivity contribution >= 4 is 0 Å². The quantitative estimate of drug-likeness (QED) is 0.759. The largest absolute Gasteiger partial charge is 0.394 e. The van der Waals surface area contributed by atoms with Crippen LogP contribution in [0.25, 0.3) is 0 Å². The van der Waals surface area contributed by atoms with Gasteiger partial charge >= 0.3 is 0 Å². The molecule has 0 spiro atoms. The molecule has 0 bridgehead atoms. The average Bonchev–Trinajstić information content (AvgIpc) is 3.18. The van der Waals surface area contributed by atoms with Crippen LogP contribution in [-0.2, 0) is 0 Å². The highest BCUT2D eigenvalue weighted by Crippen LogP contribution is 2.41. The van der Waals surface area contributed by atoms with Crippen LogP contribution < -0.4 is 5.32 Å². The second-order valence-electron chi connectivity index (χ2n) is 6.45. The number of piperidine rings is 1. The number of likely N-dealkylation sites (tertiary alicyclic amines) is 1. The molecule has 1 aliphatic heterocycles.